The Labute approximate surface area is 129 Å². The molecule has 0 aromatic heterocycles. The van der Waals surface area contributed by atoms with Crippen molar-refractivity contribution in [3.63, 3.8) is 0 Å². The van der Waals surface area contributed by atoms with E-state index in [-0.39, 0.29) is 6.54 Å². The van der Waals surface area contributed by atoms with Crippen molar-refractivity contribution in [2.24, 2.45) is 0 Å². The van der Waals surface area contributed by atoms with Crippen LogP contribution in [0.4, 0.5) is 13.2 Å². The molecule has 1 aliphatic heterocycles. The molecule has 1 fully saturated rings. The Morgan fingerprint density at radius 2 is 1.90 bits per heavy atom. The summed E-state index contributed by atoms with van der Waals surface area (Å²) in [6.45, 7) is 3.63. The summed E-state index contributed by atoms with van der Waals surface area (Å²) in [4.78, 5) is 1.90. The summed E-state index contributed by atoms with van der Waals surface area (Å²) in [5.41, 5.74) is 2.36. The van der Waals surface area contributed by atoms with Gasteiger partial charge in [0.05, 0.1) is 6.42 Å². The van der Waals surface area contributed by atoms with Gasteiger partial charge >= 0.3 is 6.18 Å². The molecule has 5 heteroatoms. The van der Waals surface area contributed by atoms with E-state index in [2.05, 4.69) is 19.1 Å². The van der Waals surface area contributed by atoms with E-state index < -0.39 is 12.6 Å². The number of aryl methyl sites for hydroxylation is 1. The number of halogens is 4. The number of alkyl halides is 3. The Hall–Kier alpha value is -0.740. The van der Waals surface area contributed by atoms with Crippen LogP contribution in [0, 0.1) is 0 Å². The van der Waals surface area contributed by atoms with Crippen LogP contribution in [0.2, 0.25) is 5.02 Å². The van der Waals surface area contributed by atoms with Crippen molar-refractivity contribution < 1.29 is 13.2 Å². The molecule has 118 valence electrons. The average Bonchev–Trinajstić information content (AvgIpc) is 2.45. The molecule has 0 spiro atoms. The smallest absolute Gasteiger partial charge is 0.303 e. The molecule has 1 heterocycles. The minimum absolute atomic E-state index is 0.110. The van der Waals surface area contributed by atoms with Crippen molar-refractivity contribution in [3.8, 4) is 0 Å². The first-order valence-electron chi connectivity index (χ1n) is 7.46. The van der Waals surface area contributed by atoms with Gasteiger partial charge in [-0.05, 0) is 55.5 Å². The van der Waals surface area contributed by atoms with E-state index in [1.807, 2.05) is 11.0 Å². The molecule has 0 N–H and O–H groups in total. The SMILES string of the molecule is CCc1ccc(C2CCN(CCC(F)(F)F)CC2)c(Cl)c1. The first kappa shape index (κ1) is 16.6. The molecule has 0 radical (unpaired) electrons. The van der Waals surface area contributed by atoms with Gasteiger partial charge in [0.25, 0.3) is 0 Å². The molecular formula is C16H21ClF3N. The second kappa shape index (κ2) is 7.01. The normalized spacial score (nSPS) is 18.1. The fraction of sp³-hybridized carbons (Fsp3) is 0.625. The molecule has 1 aromatic rings. The maximum Gasteiger partial charge on any atom is 0.390 e. The lowest BCUT2D eigenvalue weighted by molar-refractivity contribution is -0.138. The van der Waals surface area contributed by atoms with Crippen LogP contribution in [0.1, 0.15) is 43.2 Å². The molecule has 1 aromatic carbocycles. The lowest BCUT2D eigenvalue weighted by Gasteiger charge is -2.32. The van der Waals surface area contributed by atoms with Crippen LogP contribution in [0.5, 0.6) is 0 Å². The zero-order chi connectivity index (χ0) is 15.5. The molecule has 0 atom stereocenters. The molecule has 0 saturated carbocycles. The maximum absolute atomic E-state index is 12.2. The second-order valence-electron chi connectivity index (χ2n) is 5.69. The minimum atomic E-state index is -4.06. The molecule has 0 bridgehead atoms. The van der Waals surface area contributed by atoms with Gasteiger partial charge in [0, 0.05) is 11.6 Å². The number of nitrogens with zero attached hydrogens (tertiary/aromatic N) is 1. The highest BCUT2D eigenvalue weighted by Gasteiger charge is 2.29. The number of benzene rings is 1. The Kier molecular flexibility index (Phi) is 5.55. The monoisotopic (exact) mass is 319 g/mol. The summed E-state index contributed by atoms with van der Waals surface area (Å²) in [7, 11) is 0. The number of piperidine rings is 1. The van der Waals surface area contributed by atoms with Crippen LogP contribution in [0.25, 0.3) is 0 Å². The average molecular weight is 320 g/mol. The van der Waals surface area contributed by atoms with E-state index in [9.17, 15) is 13.2 Å². The predicted molar refractivity (Wildman–Crippen MR) is 79.9 cm³/mol. The highest BCUT2D eigenvalue weighted by atomic mass is 35.5. The predicted octanol–water partition coefficient (Wildman–Crippen LogP) is 5.03. The molecule has 0 aliphatic carbocycles. The number of rotatable bonds is 4. The fourth-order valence-electron chi connectivity index (χ4n) is 2.87. The van der Waals surface area contributed by atoms with Gasteiger partial charge in [-0.2, -0.15) is 13.2 Å². The van der Waals surface area contributed by atoms with E-state index in [4.69, 9.17) is 11.6 Å². The molecule has 1 nitrogen and oxygen atoms in total. The Morgan fingerprint density at radius 3 is 2.43 bits per heavy atom. The summed E-state index contributed by atoms with van der Waals surface area (Å²) in [5, 5.41) is 0.795. The lowest BCUT2D eigenvalue weighted by atomic mass is 9.88. The number of likely N-dealkylation sites (tertiary alicyclic amines) is 1. The van der Waals surface area contributed by atoms with E-state index in [0.29, 0.717) is 19.0 Å². The van der Waals surface area contributed by atoms with Gasteiger partial charge < -0.3 is 4.90 Å². The molecule has 1 aliphatic rings. The van der Waals surface area contributed by atoms with Crippen molar-refractivity contribution >= 4 is 11.6 Å². The first-order valence-corrected chi connectivity index (χ1v) is 7.84. The van der Waals surface area contributed by atoms with Gasteiger partial charge in [-0.15, -0.1) is 0 Å². The molecule has 0 amide bonds. The standard InChI is InChI=1S/C16H21ClF3N/c1-2-12-3-4-14(15(17)11-12)13-5-8-21(9-6-13)10-7-16(18,19)20/h3-4,11,13H,2,5-10H2,1H3. The molecule has 0 unspecified atom stereocenters. The third kappa shape index (κ3) is 4.89. The van der Waals surface area contributed by atoms with Crippen molar-refractivity contribution in [2.75, 3.05) is 19.6 Å². The summed E-state index contributed by atoms with van der Waals surface area (Å²) >= 11 is 6.34. The number of hydrogen-bond acceptors (Lipinski definition) is 1. The highest BCUT2D eigenvalue weighted by molar-refractivity contribution is 6.31. The largest absolute Gasteiger partial charge is 0.390 e. The van der Waals surface area contributed by atoms with E-state index in [1.54, 1.807) is 0 Å². The highest BCUT2D eigenvalue weighted by Crippen LogP contribution is 2.33. The van der Waals surface area contributed by atoms with Crippen LogP contribution in [0.3, 0.4) is 0 Å². The topological polar surface area (TPSA) is 3.24 Å². The van der Waals surface area contributed by atoms with Gasteiger partial charge in [0.15, 0.2) is 0 Å². The van der Waals surface area contributed by atoms with E-state index in [0.717, 1.165) is 29.8 Å². The van der Waals surface area contributed by atoms with Crippen LogP contribution < -0.4 is 0 Å². The van der Waals surface area contributed by atoms with Crippen molar-refractivity contribution in [3.05, 3.63) is 34.3 Å². The van der Waals surface area contributed by atoms with Gasteiger partial charge in [0.2, 0.25) is 0 Å². The maximum atomic E-state index is 12.2. The van der Waals surface area contributed by atoms with Crippen LogP contribution in [-0.2, 0) is 6.42 Å². The Morgan fingerprint density at radius 1 is 1.24 bits per heavy atom. The zero-order valence-corrected chi connectivity index (χ0v) is 13.0. The first-order chi connectivity index (χ1) is 9.89. The summed E-state index contributed by atoms with van der Waals surface area (Å²) in [6.07, 6.45) is -2.07. The van der Waals surface area contributed by atoms with Gasteiger partial charge in [-0.1, -0.05) is 30.7 Å². The quantitative estimate of drug-likeness (QED) is 0.752. The molecule has 2 rings (SSSR count). The van der Waals surface area contributed by atoms with Gasteiger partial charge in [0.1, 0.15) is 0 Å². The fourth-order valence-corrected chi connectivity index (χ4v) is 3.23. The summed E-state index contributed by atoms with van der Waals surface area (Å²) in [5.74, 6) is 0.366. The summed E-state index contributed by atoms with van der Waals surface area (Å²) in [6, 6.07) is 6.18. The molecule has 21 heavy (non-hydrogen) atoms. The zero-order valence-electron chi connectivity index (χ0n) is 12.2. The minimum Gasteiger partial charge on any atom is -0.303 e. The Balaban J connectivity index is 1.89. The van der Waals surface area contributed by atoms with E-state index in [1.165, 1.54) is 5.56 Å². The lowest BCUT2D eigenvalue weighted by Crippen LogP contribution is -2.35. The molecular weight excluding hydrogens is 299 g/mol. The third-order valence-electron chi connectivity index (χ3n) is 4.21. The third-order valence-corrected chi connectivity index (χ3v) is 4.54. The van der Waals surface area contributed by atoms with Crippen LogP contribution in [-0.4, -0.2) is 30.7 Å². The van der Waals surface area contributed by atoms with Crippen molar-refractivity contribution in [1.29, 1.82) is 0 Å². The summed E-state index contributed by atoms with van der Waals surface area (Å²) < 4.78 is 36.7. The second-order valence-corrected chi connectivity index (χ2v) is 6.10. The molecule has 1 saturated heterocycles. The Bertz CT molecular complexity index is 465. The van der Waals surface area contributed by atoms with Gasteiger partial charge in [-0.25, -0.2) is 0 Å². The van der Waals surface area contributed by atoms with E-state index >= 15 is 0 Å². The number of hydrogen-bond donors (Lipinski definition) is 0. The van der Waals surface area contributed by atoms with Crippen LogP contribution >= 0.6 is 11.6 Å². The van der Waals surface area contributed by atoms with Crippen LogP contribution in [0.15, 0.2) is 18.2 Å². The van der Waals surface area contributed by atoms with Crippen molar-refractivity contribution in [2.45, 2.75) is 44.7 Å². The van der Waals surface area contributed by atoms with Gasteiger partial charge in [-0.3, -0.25) is 0 Å². The van der Waals surface area contributed by atoms with Crippen molar-refractivity contribution in [1.82, 2.24) is 4.90 Å².